The molecule has 5 heteroatoms. The summed E-state index contributed by atoms with van der Waals surface area (Å²) >= 11 is 0. The van der Waals surface area contributed by atoms with Crippen molar-refractivity contribution in [3.05, 3.63) is 23.9 Å². The lowest BCUT2D eigenvalue weighted by Gasteiger charge is -2.22. The Morgan fingerprint density at radius 2 is 1.76 bits per heavy atom. The van der Waals surface area contributed by atoms with Gasteiger partial charge in [-0.25, -0.2) is 4.98 Å². The van der Waals surface area contributed by atoms with Gasteiger partial charge in [0.05, 0.1) is 0 Å². The third-order valence-electron chi connectivity index (χ3n) is 4.18. The molecule has 116 valence electrons. The molecule has 1 saturated heterocycles. The maximum atomic E-state index is 4.63. The van der Waals surface area contributed by atoms with Crippen molar-refractivity contribution in [3.63, 3.8) is 0 Å². The van der Waals surface area contributed by atoms with Crippen molar-refractivity contribution < 1.29 is 8.85 Å². The third kappa shape index (κ3) is 4.80. The molecule has 3 rings (SSSR count). The largest absolute Gasteiger partial charge is 0.432 e. The maximum Gasteiger partial charge on any atom is 0.432 e. The van der Waals surface area contributed by atoms with E-state index < -0.39 is 0 Å². The Bertz CT molecular complexity index is 368. The van der Waals surface area contributed by atoms with Crippen LogP contribution in [0.25, 0.3) is 0 Å². The van der Waals surface area contributed by atoms with Gasteiger partial charge in [0.25, 0.3) is 0 Å². The maximum absolute atomic E-state index is 4.63. The minimum Gasteiger partial charge on any atom is -0.396 e. The lowest BCUT2D eigenvalue weighted by Crippen LogP contribution is -2.21. The Kier molecular flexibility index (Phi) is 7.19. The summed E-state index contributed by atoms with van der Waals surface area (Å²) in [5, 5.41) is 0. The molecule has 2 aliphatic rings. The van der Waals surface area contributed by atoms with Crippen LogP contribution in [0, 0.1) is 0 Å². The Balaban J connectivity index is 0.000000282. The Hall–Kier alpha value is -0.913. The van der Waals surface area contributed by atoms with Crippen molar-refractivity contribution >= 4 is 15.8 Å². The molecule has 0 amide bonds. The fraction of sp³-hybridized carbons (Fsp3) is 0.688. The molecule has 4 nitrogen and oxygen atoms in total. The van der Waals surface area contributed by atoms with Gasteiger partial charge in [0.15, 0.2) is 0 Å². The second-order valence-corrected chi connectivity index (χ2v) is 6.57. The lowest BCUT2D eigenvalue weighted by molar-refractivity contribution is 0.309. The summed E-state index contributed by atoms with van der Waals surface area (Å²) in [5.41, 5.74) is 1.52. The highest BCUT2D eigenvalue weighted by atomic mass is 28.3. The molecule has 1 aliphatic carbocycles. The number of pyridine rings is 1. The number of hydrogen-bond acceptors (Lipinski definition) is 4. The first-order valence-corrected chi connectivity index (χ1v) is 8.69. The van der Waals surface area contributed by atoms with E-state index in [4.69, 9.17) is 0 Å². The summed E-state index contributed by atoms with van der Waals surface area (Å²) in [6.07, 6.45) is 10.2. The van der Waals surface area contributed by atoms with Crippen LogP contribution in [-0.2, 0) is 8.85 Å². The van der Waals surface area contributed by atoms with Gasteiger partial charge in [-0.05, 0) is 43.2 Å². The van der Waals surface area contributed by atoms with E-state index in [0.717, 1.165) is 5.92 Å². The van der Waals surface area contributed by atoms with E-state index in [1.165, 1.54) is 63.0 Å². The zero-order chi connectivity index (χ0) is 14.9. The molecule has 2 radical (unpaired) electrons. The van der Waals surface area contributed by atoms with Crippen LogP contribution < -0.4 is 4.90 Å². The highest BCUT2D eigenvalue weighted by Gasteiger charge is 2.24. The second-order valence-electron chi connectivity index (χ2n) is 5.58. The summed E-state index contributed by atoms with van der Waals surface area (Å²) in [6.45, 7) is 2.41. The lowest BCUT2D eigenvalue weighted by atomic mass is 9.98. The minimum atomic E-state index is 0.198. The standard InChI is InChI=1S/C14H20N2.C2H6O2Si/c1-2-7-12(6-1)13-8-5-9-15-14(13)16-10-3-4-11-16;1-3-5-4-2/h5,8-9,12H,1-4,6-7,10-11H2;1-2H3. The van der Waals surface area contributed by atoms with Crippen LogP contribution in [0.3, 0.4) is 0 Å². The van der Waals surface area contributed by atoms with Crippen LogP contribution >= 0.6 is 0 Å². The Labute approximate surface area is 130 Å². The molecular formula is C16H26N2O2Si. The van der Waals surface area contributed by atoms with Crippen LogP contribution in [0.5, 0.6) is 0 Å². The van der Waals surface area contributed by atoms with Crippen LogP contribution in [0.15, 0.2) is 18.3 Å². The van der Waals surface area contributed by atoms with Crippen molar-refractivity contribution in [3.8, 4) is 0 Å². The summed E-state index contributed by atoms with van der Waals surface area (Å²) in [6, 6.07) is 4.41. The van der Waals surface area contributed by atoms with Gasteiger partial charge in [-0.15, -0.1) is 0 Å². The SMILES string of the molecule is CO[Si]OC.c1cnc(N2CCCC2)c(C2CCCC2)c1. The number of rotatable bonds is 4. The molecule has 0 atom stereocenters. The molecule has 1 aromatic heterocycles. The van der Waals surface area contributed by atoms with Gasteiger partial charge in [-0.3, -0.25) is 0 Å². The number of nitrogens with zero attached hydrogens (tertiary/aromatic N) is 2. The zero-order valence-electron chi connectivity index (χ0n) is 13.2. The fourth-order valence-corrected chi connectivity index (χ4v) is 3.41. The van der Waals surface area contributed by atoms with Gasteiger partial charge in [0.1, 0.15) is 5.82 Å². The van der Waals surface area contributed by atoms with Crippen molar-refractivity contribution in [1.29, 1.82) is 0 Å². The average molecular weight is 306 g/mol. The van der Waals surface area contributed by atoms with E-state index in [1.807, 2.05) is 6.20 Å². The molecule has 0 unspecified atom stereocenters. The van der Waals surface area contributed by atoms with E-state index >= 15 is 0 Å². The summed E-state index contributed by atoms with van der Waals surface area (Å²) in [5.74, 6) is 2.07. The van der Waals surface area contributed by atoms with Gasteiger partial charge in [-0.1, -0.05) is 18.9 Å². The molecule has 0 spiro atoms. The zero-order valence-corrected chi connectivity index (χ0v) is 14.2. The highest BCUT2D eigenvalue weighted by Crippen LogP contribution is 2.38. The van der Waals surface area contributed by atoms with Crippen LogP contribution in [0.4, 0.5) is 5.82 Å². The number of hydrogen-bond donors (Lipinski definition) is 0. The molecule has 0 bridgehead atoms. The van der Waals surface area contributed by atoms with E-state index in [1.54, 1.807) is 14.2 Å². The van der Waals surface area contributed by atoms with Gasteiger partial charge >= 0.3 is 10.0 Å². The van der Waals surface area contributed by atoms with E-state index in [0.29, 0.717) is 0 Å². The number of anilines is 1. The third-order valence-corrected chi connectivity index (χ3v) is 4.52. The van der Waals surface area contributed by atoms with Crippen molar-refractivity contribution in [2.45, 2.75) is 44.4 Å². The van der Waals surface area contributed by atoms with Crippen molar-refractivity contribution in [2.24, 2.45) is 0 Å². The molecule has 1 saturated carbocycles. The fourth-order valence-electron chi connectivity index (χ4n) is 3.24. The molecule has 0 N–H and O–H groups in total. The highest BCUT2D eigenvalue weighted by molar-refractivity contribution is 6.17. The molecule has 2 fully saturated rings. The topological polar surface area (TPSA) is 34.6 Å². The van der Waals surface area contributed by atoms with Crippen molar-refractivity contribution in [1.82, 2.24) is 4.98 Å². The van der Waals surface area contributed by atoms with E-state index in [-0.39, 0.29) is 10.0 Å². The summed E-state index contributed by atoms with van der Waals surface area (Å²) < 4.78 is 8.99. The smallest absolute Gasteiger partial charge is 0.396 e. The first-order valence-electron chi connectivity index (χ1n) is 7.87. The Morgan fingerprint density at radius 3 is 2.33 bits per heavy atom. The van der Waals surface area contributed by atoms with Gasteiger partial charge in [0, 0.05) is 33.5 Å². The van der Waals surface area contributed by atoms with Gasteiger partial charge in [0.2, 0.25) is 0 Å². The van der Waals surface area contributed by atoms with Gasteiger partial charge < -0.3 is 13.8 Å². The molecule has 1 aromatic rings. The second kappa shape index (κ2) is 9.18. The summed E-state index contributed by atoms with van der Waals surface area (Å²) in [4.78, 5) is 7.11. The average Bonchev–Trinajstić information content (AvgIpc) is 3.22. The quantitative estimate of drug-likeness (QED) is 0.800. The van der Waals surface area contributed by atoms with E-state index in [2.05, 4.69) is 30.9 Å². The molecule has 21 heavy (non-hydrogen) atoms. The van der Waals surface area contributed by atoms with Crippen LogP contribution in [0.2, 0.25) is 0 Å². The van der Waals surface area contributed by atoms with Crippen molar-refractivity contribution in [2.75, 3.05) is 32.2 Å². The predicted molar refractivity (Wildman–Crippen MR) is 86.7 cm³/mol. The minimum absolute atomic E-state index is 0.198. The normalized spacial score (nSPS) is 18.7. The van der Waals surface area contributed by atoms with E-state index in [9.17, 15) is 0 Å². The molecule has 0 aromatic carbocycles. The molecule has 1 aliphatic heterocycles. The Morgan fingerprint density at radius 1 is 1.10 bits per heavy atom. The van der Waals surface area contributed by atoms with Crippen LogP contribution in [0.1, 0.15) is 50.0 Å². The van der Waals surface area contributed by atoms with Gasteiger partial charge in [-0.2, -0.15) is 0 Å². The first-order chi connectivity index (χ1) is 10.4. The monoisotopic (exact) mass is 306 g/mol. The molecule has 2 heterocycles. The first kappa shape index (κ1) is 16.5. The number of aromatic nitrogens is 1. The van der Waals surface area contributed by atoms with Crippen LogP contribution in [-0.4, -0.2) is 42.3 Å². The summed E-state index contributed by atoms with van der Waals surface area (Å²) in [7, 11) is 3.40. The predicted octanol–water partition coefficient (Wildman–Crippen LogP) is 3.15. The molecular weight excluding hydrogens is 280 g/mol.